The molecule has 1 amide bonds. The van der Waals surface area contributed by atoms with Gasteiger partial charge in [0.25, 0.3) is 5.91 Å². The fourth-order valence-corrected chi connectivity index (χ4v) is 3.89. The maximum atomic E-state index is 13.1. The number of hydrogen-bond acceptors (Lipinski definition) is 3. The molecule has 0 aliphatic carbocycles. The number of halogens is 1. The van der Waals surface area contributed by atoms with Crippen molar-refractivity contribution in [2.24, 2.45) is 0 Å². The molecule has 2 aromatic carbocycles. The van der Waals surface area contributed by atoms with Crippen LogP contribution in [0.15, 0.2) is 60.1 Å². The number of aryl methyl sites for hydroxylation is 1. The summed E-state index contributed by atoms with van der Waals surface area (Å²) in [7, 11) is 0. The minimum Gasteiger partial charge on any atom is -0.321 e. The van der Waals surface area contributed by atoms with Gasteiger partial charge in [-0.1, -0.05) is 25.5 Å². The predicted molar refractivity (Wildman–Crippen MR) is 111 cm³/mol. The van der Waals surface area contributed by atoms with Gasteiger partial charge in [-0.2, -0.15) is 0 Å². The summed E-state index contributed by atoms with van der Waals surface area (Å²) in [6, 6.07) is 14.1. The van der Waals surface area contributed by atoms with Crippen molar-refractivity contribution in [3.63, 3.8) is 0 Å². The summed E-state index contributed by atoms with van der Waals surface area (Å²) in [4.78, 5) is 18.0. The van der Waals surface area contributed by atoms with E-state index in [0.717, 1.165) is 35.5 Å². The van der Waals surface area contributed by atoms with Crippen LogP contribution in [-0.2, 0) is 6.42 Å². The molecule has 1 N–H and O–H groups in total. The Kier molecular flexibility index (Phi) is 5.21. The number of thiazole rings is 1. The Bertz CT molecular complexity index is 1100. The highest BCUT2D eigenvalue weighted by Gasteiger charge is 2.15. The minimum atomic E-state index is -0.287. The van der Waals surface area contributed by atoms with Crippen molar-refractivity contribution in [3.8, 4) is 11.3 Å². The molecule has 0 atom stereocenters. The number of anilines is 1. The van der Waals surface area contributed by atoms with E-state index in [2.05, 4.69) is 29.4 Å². The zero-order chi connectivity index (χ0) is 19.5. The Balaban J connectivity index is 1.53. The zero-order valence-corrected chi connectivity index (χ0v) is 16.3. The third-order valence-electron chi connectivity index (χ3n) is 4.61. The monoisotopic (exact) mass is 393 g/mol. The Morgan fingerprint density at radius 3 is 2.61 bits per heavy atom. The molecule has 4 aromatic rings. The van der Waals surface area contributed by atoms with E-state index in [9.17, 15) is 9.18 Å². The number of carbonyl (C=O) groups is 1. The molecule has 4 nitrogen and oxygen atoms in total. The molecular weight excluding hydrogens is 373 g/mol. The number of nitrogens with one attached hydrogen (secondary N) is 1. The minimum absolute atomic E-state index is 0.185. The van der Waals surface area contributed by atoms with Gasteiger partial charge in [0.15, 0.2) is 4.96 Å². The first-order chi connectivity index (χ1) is 13.6. The lowest BCUT2D eigenvalue weighted by Crippen LogP contribution is -2.13. The smallest absolute Gasteiger partial charge is 0.273 e. The van der Waals surface area contributed by atoms with Crippen LogP contribution in [-0.4, -0.2) is 15.3 Å². The van der Waals surface area contributed by atoms with Crippen LogP contribution in [0.3, 0.4) is 0 Å². The van der Waals surface area contributed by atoms with Gasteiger partial charge in [-0.15, -0.1) is 11.3 Å². The first kappa shape index (κ1) is 18.4. The van der Waals surface area contributed by atoms with Gasteiger partial charge >= 0.3 is 0 Å². The summed E-state index contributed by atoms with van der Waals surface area (Å²) in [5.74, 6) is -0.471. The van der Waals surface area contributed by atoms with Gasteiger partial charge in [-0.25, -0.2) is 9.37 Å². The highest BCUT2D eigenvalue weighted by molar-refractivity contribution is 7.15. The van der Waals surface area contributed by atoms with Crippen molar-refractivity contribution in [3.05, 3.63) is 77.2 Å². The summed E-state index contributed by atoms with van der Waals surface area (Å²) < 4.78 is 14.9. The van der Waals surface area contributed by atoms with Crippen molar-refractivity contribution in [2.75, 3.05) is 5.32 Å². The quantitative estimate of drug-likeness (QED) is 0.450. The maximum Gasteiger partial charge on any atom is 0.273 e. The molecule has 0 spiro atoms. The number of benzene rings is 2. The second kappa shape index (κ2) is 7.94. The number of unbranched alkanes of at least 4 members (excludes halogenated alkanes) is 1. The number of amides is 1. The van der Waals surface area contributed by atoms with Crippen LogP contribution in [0, 0.1) is 5.82 Å². The number of nitrogens with zero attached hydrogens (tertiary/aromatic N) is 2. The Morgan fingerprint density at radius 2 is 1.89 bits per heavy atom. The van der Waals surface area contributed by atoms with Gasteiger partial charge in [0.05, 0.1) is 5.69 Å². The van der Waals surface area contributed by atoms with Crippen LogP contribution in [0.25, 0.3) is 16.2 Å². The van der Waals surface area contributed by atoms with Crippen molar-refractivity contribution in [1.82, 2.24) is 9.38 Å². The Labute approximate surface area is 166 Å². The van der Waals surface area contributed by atoms with Crippen LogP contribution in [0.5, 0.6) is 0 Å². The molecular formula is C22H20FN3OS. The molecule has 2 heterocycles. The molecule has 0 aliphatic rings. The first-order valence-corrected chi connectivity index (χ1v) is 10.1. The van der Waals surface area contributed by atoms with Crippen LogP contribution < -0.4 is 5.32 Å². The third kappa shape index (κ3) is 3.82. The fraction of sp³-hybridized carbons (Fsp3) is 0.182. The van der Waals surface area contributed by atoms with Gasteiger partial charge in [-0.3, -0.25) is 9.20 Å². The number of fused-ring (bicyclic) bond motifs is 1. The summed E-state index contributed by atoms with van der Waals surface area (Å²) in [5, 5.41) is 4.74. The van der Waals surface area contributed by atoms with Crippen molar-refractivity contribution in [1.29, 1.82) is 0 Å². The number of imidazole rings is 1. The third-order valence-corrected chi connectivity index (χ3v) is 5.45. The zero-order valence-electron chi connectivity index (χ0n) is 15.5. The van der Waals surface area contributed by atoms with Gasteiger partial charge < -0.3 is 5.32 Å². The van der Waals surface area contributed by atoms with E-state index in [1.165, 1.54) is 29.0 Å². The highest BCUT2D eigenvalue weighted by atomic mass is 32.1. The predicted octanol–water partition coefficient (Wildman–Crippen LogP) is 5.80. The molecule has 2 aromatic heterocycles. The number of aromatic nitrogens is 2. The molecule has 4 rings (SSSR count). The fourth-order valence-electron chi connectivity index (χ4n) is 3.04. The van der Waals surface area contributed by atoms with E-state index in [4.69, 9.17) is 0 Å². The summed E-state index contributed by atoms with van der Waals surface area (Å²) in [5.41, 5.74) is 4.09. The number of rotatable bonds is 6. The Morgan fingerprint density at radius 1 is 1.14 bits per heavy atom. The van der Waals surface area contributed by atoms with Crippen LogP contribution in [0.4, 0.5) is 10.1 Å². The first-order valence-electron chi connectivity index (χ1n) is 9.27. The molecule has 0 saturated heterocycles. The van der Waals surface area contributed by atoms with Crippen LogP contribution in [0.1, 0.15) is 35.8 Å². The van der Waals surface area contributed by atoms with E-state index < -0.39 is 0 Å². The van der Waals surface area contributed by atoms with Crippen LogP contribution in [0.2, 0.25) is 0 Å². The van der Waals surface area contributed by atoms with Crippen molar-refractivity contribution in [2.45, 2.75) is 26.2 Å². The molecule has 0 aliphatic heterocycles. The average molecular weight is 393 g/mol. The van der Waals surface area contributed by atoms with Crippen molar-refractivity contribution < 1.29 is 9.18 Å². The lowest BCUT2D eigenvalue weighted by molar-refractivity contribution is 0.102. The van der Waals surface area contributed by atoms with Gasteiger partial charge in [-0.05, 0) is 54.8 Å². The molecule has 0 saturated carbocycles. The van der Waals surface area contributed by atoms with E-state index in [1.807, 2.05) is 18.3 Å². The summed E-state index contributed by atoms with van der Waals surface area (Å²) in [6.07, 6.45) is 5.19. The lowest BCUT2D eigenvalue weighted by Gasteiger charge is -2.06. The number of hydrogen-bond donors (Lipinski definition) is 1. The van der Waals surface area contributed by atoms with E-state index >= 15 is 0 Å². The second-order valence-corrected chi connectivity index (χ2v) is 7.50. The van der Waals surface area contributed by atoms with Gasteiger partial charge in [0.2, 0.25) is 0 Å². The molecule has 0 unspecified atom stereocenters. The normalized spacial score (nSPS) is 11.1. The van der Waals surface area contributed by atoms with Gasteiger partial charge in [0, 0.05) is 22.8 Å². The highest BCUT2D eigenvalue weighted by Crippen LogP contribution is 2.24. The van der Waals surface area contributed by atoms with E-state index in [1.54, 1.807) is 21.9 Å². The standard InChI is InChI=1S/C22H20FN3OS/c1-2-3-4-15-5-11-18(12-6-15)24-21(27)20-14-28-22-25-19(13-26(20)22)16-7-9-17(23)10-8-16/h5-14H,2-4H2,1H3,(H,24,27). The van der Waals surface area contributed by atoms with E-state index in [0.29, 0.717) is 11.4 Å². The maximum absolute atomic E-state index is 13.1. The topological polar surface area (TPSA) is 46.4 Å². The molecule has 142 valence electrons. The molecule has 6 heteroatoms. The summed E-state index contributed by atoms with van der Waals surface area (Å²) >= 11 is 1.40. The van der Waals surface area contributed by atoms with E-state index in [-0.39, 0.29) is 11.7 Å². The SMILES string of the molecule is CCCCc1ccc(NC(=O)c2csc3nc(-c4ccc(F)cc4)cn23)cc1. The Hall–Kier alpha value is -2.99. The second-order valence-electron chi connectivity index (χ2n) is 6.66. The van der Waals surface area contributed by atoms with Crippen molar-refractivity contribution >= 4 is 27.9 Å². The average Bonchev–Trinajstić information content (AvgIpc) is 3.29. The lowest BCUT2D eigenvalue weighted by atomic mass is 10.1. The van der Waals surface area contributed by atoms with Crippen LogP contribution >= 0.6 is 11.3 Å². The largest absolute Gasteiger partial charge is 0.321 e. The molecule has 0 radical (unpaired) electrons. The molecule has 28 heavy (non-hydrogen) atoms. The molecule has 0 bridgehead atoms. The summed E-state index contributed by atoms with van der Waals surface area (Å²) in [6.45, 7) is 2.17. The number of carbonyl (C=O) groups excluding carboxylic acids is 1. The molecule has 0 fully saturated rings. The van der Waals surface area contributed by atoms with Gasteiger partial charge in [0.1, 0.15) is 11.5 Å².